The molecule has 1 aromatic carbocycles. The Balaban J connectivity index is 1.78. The van der Waals surface area contributed by atoms with Crippen LogP contribution in [0, 0.1) is 12.8 Å². The van der Waals surface area contributed by atoms with E-state index in [1.54, 1.807) is 18.3 Å². The van der Waals surface area contributed by atoms with Crippen molar-refractivity contribution in [3.63, 3.8) is 0 Å². The molecule has 0 aliphatic heterocycles. The maximum Gasteiger partial charge on any atom is 0.307 e. The Hall–Kier alpha value is -1.88. The largest absolute Gasteiger partial charge is 0.466 e. The predicted octanol–water partition coefficient (Wildman–Crippen LogP) is 4.02. The summed E-state index contributed by atoms with van der Waals surface area (Å²) in [5, 5.41) is 1.14. The van der Waals surface area contributed by atoms with E-state index >= 15 is 0 Å². The molecule has 1 saturated carbocycles. The first kappa shape index (κ1) is 17.0. The monoisotopic (exact) mass is 345 g/mol. The van der Waals surface area contributed by atoms with Gasteiger partial charge < -0.3 is 9.64 Å². The normalized spacial score (nSPS) is 13.9. The van der Waals surface area contributed by atoms with Crippen molar-refractivity contribution in [1.82, 2.24) is 4.90 Å². The minimum absolute atomic E-state index is 0.0462. The number of thiophene rings is 1. The minimum atomic E-state index is -0.237. The van der Waals surface area contributed by atoms with E-state index in [0.717, 1.165) is 27.1 Å². The van der Waals surface area contributed by atoms with E-state index in [4.69, 9.17) is 4.74 Å². The van der Waals surface area contributed by atoms with E-state index in [1.807, 2.05) is 30.0 Å². The van der Waals surface area contributed by atoms with Gasteiger partial charge in [-0.25, -0.2) is 0 Å². The number of ether oxygens (including phenoxy) is 1. The van der Waals surface area contributed by atoms with Crippen molar-refractivity contribution in [3.8, 4) is 0 Å². The molecule has 24 heavy (non-hydrogen) atoms. The number of aryl methyl sites for hydroxylation is 1. The van der Waals surface area contributed by atoms with E-state index in [0.29, 0.717) is 19.1 Å². The van der Waals surface area contributed by atoms with Crippen LogP contribution in [0.15, 0.2) is 24.3 Å². The fourth-order valence-electron chi connectivity index (χ4n) is 2.87. The van der Waals surface area contributed by atoms with Gasteiger partial charge >= 0.3 is 5.97 Å². The molecule has 3 rings (SSSR count). The molecule has 1 amide bonds. The van der Waals surface area contributed by atoms with Gasteiger partial charge in [0.05, 0.1) is 17.9 Å². The molecule has 0 unspecified atom stereocenters. The van der Waals surface area contributed by atoms with Crippen molar-refractivity contribution >= 4 is 33.3 Å². The molecule has 1 aliphatic carbocycles. The van der Waals surface area contributed by atoms with Crippen LogP contribution in [0.3, 0.4) is 0 Å². The van der Waals surface area contributed by atoms with Crippen molar-refractivity contribution in [2.45, 2.75) is 33.1 Å². The quantitative estimate of drug-likeness (QED) is 0.712. The van der Waals surface area contributed by atoms with Crippen molar-refractivity contribution in [1.29, 1.82) is 0 Å². The van der Waals surface area contributed by atoms with Crippen molar-refractivity contribution < 1.29 is 14.3 Å². The Kier molecular flexibility index (Phi) is 5.19. The van der Waals surface area contributed by atoms with Crippen molar-refractivity contribution in [2.75, 3.05) is 19.7 Å². The molecular weight excluding hydrogens is 322 g/mol. The number of benzene rings is 1. The maximum atomic E-state index is 13.1. The SMILES string of the molecule is CCOC(=O)CCN(CC1CC1)C(=O)c1sc2ccccc2c1C. The summed E-state index contributed by atoms with van der Waals surface area (Å²) in [5.41, 5.74) is 1.04. The summed E-state index contributed by atoms with van der Waals surface area (Å²) in [6.45, 7) is 5.36. The number of hydrogen-bond donors (Lipinski definition) is 0. The summed E-state index contributed by atoms with van der Waals surface area (Å²) >= 11 is 1.54. The van der Waals surface area contributed by atoms with Crippen LogP contribution in [0.4, 0.5) is 0 Å². The first-order valence-electron chi connectivity index (χ1n) is 8.53. The smallest absolute Gasteiger partial charge is 0.307 e. The summed E-state index contributed by atoms with van der Waals surface area (Å²) in [6.07, 6.45) is 2.61. The fourth-order valence-corrected chi connectivity index (χ4v) is 4.05. The second-order valence-electron chi connectivity index (χ2n) is 6.30. The molecule has 128 valence electrons. The highest BCUT2D eigenvalue weighted by Crippen LogP contribution is 2.34. The topological polar surface area (TPSA) is 46.6 Å². The third-order valence-corrected chi connectivity index (χ3v) is 5.65. The van der Waals surface area contributed by atoms with Crippen molar-refractivity contribution in [3.05, 3.63) is 34.7 Å². The molecule has 0 saturated heterocycles. The van der Waals surface area contributed by atoms with Crippen LogP contribution in [-0.4, -0.2) is 36.5 Å². The summed E-state index contributed by atoms with van der Waals surface area (Å²) in [5.74, 6) is 0.398. The average Bonchev–Trinajstić information content (AvgIpc) is 3.34. The number of carbonyl (C=O) groups excluding carboxylic acids is 2. The van der Waals surface area contributed by atoms with E-state index in [1.165, 1.54) is 12.8 Å². The van der Waals surface area contributed by atoms with Gasteiger partial charge in [0.1, 0.15) is 0 Å². The van der Waals surface area contributed by atoms with Gasteiger partial charge in [0.15, 0.2) is 0 Å². The molecular formula is C19H23NO3S. The van der Waals surface area contributed by atoms with Gasteiger partial charge in [-0.3, -0.25) is 9.59 Å². The number of hydrogen-bond acceptors (Lipinski definition) is 4. The van der Waals surface area contributed by atoms with Gasteiger partial charge in [0.2, 0.25) is 0 Å². The van der Waals surface area contributed by atoms with Gasteiger partial charge in [-0.05, 0) is 49.6 Å². The van der Waals surface area contributed by atoms with Crippen LogP contribution in [0.5, 0.6) is 0 Å². The standard InChI is InChI=1S/C19H23NO3S/c1-3-23-17(21)10-11-20(12-14-8-9-14)19(22)18-13(2)15-6-4-5-7-16(15)24-18/h4-7,14H,3,8-12H2,1-2H3. The average molecular weight is 345 g/mol. The van der Waals surface area contributed by atoms with Crippen molar-refractivity contribution in [2.24, 2.45) is 5.92 Å². The highest BCUT2D eigenvalue weighted by molar-refractivity contribution is 7.21. The molecule has 1 fully saturated rings. The lowest BCUT2D eigenvalue weighted by Crippen LogP contribution is -2.35. The number of carbonyl (C=O) groups is 2. The number of rotatable bonds is 7. The molecule has 1 heterocycles. The molecule has 4 nitrogen and oxygen atoms in total. The Labute approximate surface area is 146 Å². The molecule has 0 atom stereocenters. The molecule has 0 bridgehead atoms. The van der Waals surface area contributed by atoms with Crippen LogP contribution >= 0.6 is 11.3 Å². The zero-order valence-corrected chi connectivity index (χ0v) is 15.0. The Morgan fingerprint density at radius 3 is 2.71 bits per heavy atom. The lowest BCUT2D eigenvalue weighted by atomic mass is 10.1. The second kappa shape index (κ2) is 7.34. The Morgan fingerprint density at radius 1 is 1.29 bits per heavy atom. The lowest BCUT2D eigenvalue weighted by molar-refractivity contribution is -0.143. The molecule has 5 heteroatoms. The van der Waals surface area contributed by atoms with Crippen LogP contribution < -0.4 is 0 Å². The third kappa shape index (κ3) is 3.78. The van der Waals surface area contributed by atoms with E-state index in [2.05, 4.69) is 6.07 Å². The van der Waals surface area contributed by atoms with Gasteiger partial charge in [0, 0.05) is 17.8 Å². The van der Waals surface area contributed by atoms with E-state index in [-0.39, 0.29) is 18.3 Å². The molecule has 0 radical (unpaired) electrons. The van der Waals surface area contributed by atoms with Gasteiger partial charge in [-0.2, -0.15) is 0 Å². The number of nitrogens with zero attached hydrogens (tertiary/aromatic N) is 1. The highest BCUT2D eigenvalue weighted by Gasteiger charge is 2.29. The number of esters is 1. The highest BCUT2D eigenvalue weighted by atomic mass is 32.1. The zero-order chi connectivity index (χ0) is 17.1. The Bertz CT molecular complexity index is 748. The summed E-state index contributed by atoms with van der Waals surface area (Å²) < 4.78 is 6.13. The third-order valence-electron chi connectivity index (χ3n) is 4.39. The van der Waals surface area contributed by atoms with E-state index < -0.39 is 0 Å². The van der Waals surface area contributed by atoms with Crippen LogP contribution in [0.2, 0.25) is 0 Å². The van der Waals surface area contributed by atoms with Gasteiger partial charge in [0.25, 0.3) is 5.91 Å². The Morgan fingerprint density at radius 2 is 2.04 bits per heavy atom. The molecule has 1 aromatic heterocycles. The first-order chi connectivity index (χ1) is 11.6. The molecule has 1 aliphatic rings. The second-order valence-corrected chi connectivity index (χ2v) is 7.35. The summed E-state index contributed by atoms with van der Waals surface area (Å²) in [7, 11) is 0. The lowest BCUT2D eigenvalue weighted by Gasteiger charge is -2.22. The predicted molar refractivity (Wildman–Crippen MR) is 96.4 cm³/mol. The molecule has 0 spiro atoms. The number of amides is 1. The van der Waals surface area contributed by atoms with E-state index in [9.17, 15) is 9.59 Å². The van der Waals surface area contributed by atoms with Crippen LogP contribution in [-0.2, 0) is 9.53 Å². The van der Waals surface area contributed by atoms with Crippen LogP contribution in [0.1, 0.15) is 41.4 Å². The molecule has 2 aromatic rings. The minimum Gasteiger partial charge on any atom is -0.466 e. The van der Waals surface area contributed by atoms with Gasteiger partial charge in [-0.15, -0.1) is 11.3 Å². The summed E-state index contributed by atoms with van der Waals surface area (Å²) in [6, 6.07) is 8.10. The zero-order valence-electron chi connectivity index (χ0n) is 14.2. The maximum absolute atomic E-state index is 13.1. The van der Waals surface area contributed by atoms with Gasteiger partial charge in [-0.1, -0.05) is 18.2 Å². The molecule has 0 N–H and O–H groups in total. The number of fused-ring (bicyclic) bond motifs is 1. The summed E-state index contributed by atoms with van der Waals surface area (Å²) in [4.78, 5) is 27.3. The van der Waals surface area contributed by atoms with Crippen LogP contribution in [0.25, 0.3) is 10.1 Å². The first-order valence-corrected chi connectivity index (χ1v) is 9.34. The fraction of sp³-hybridized carbons (Fsp3) is 0.474.